The average Bonchev–Trinajstić information content (AvgIpc) is 2.65. The summed E-state index contributed by atoms with van der Waals surface area (Å²) in [6, 6.07) is 5.05. The second-order valence-corrected chi connectivity index (χ2v) is 11.3. The van der Waals surface area contributed by atoms with E-state index in [1.807, 2.05) is 0 Å². The third kappa shape index (κ3) is 7.24. The third-order valence-electron chi connectivity index (χ3n) is 4.19. The molecule has 3 aromatic rings. The predicted octanol–water partition coefficient (Wildman–Crippen LogP) is 1.85. The van der Waals surface area contributed by atoms with Crippen molar-refractivity contribution in [3.8, 4) is 11.5 Å². The van der Waals surface area contributed by atoms with Crippen molar-refractivity contribution in [2.45, 2.75) is 9.79 Å². The molecule has 0 heterocycles. The molecule has 0 fully saturated rings. The number of fused-ring (bicyclic) bond motifs is 1. The van der Waals surface area contributed by atoms with Crippen LogP contribution in [0.4, 0.5) is 11.4 Å². The summed E-state index contributed by atoms with van der Waals surface area (Å²) in [6.07, 6.45) is 0. The summed E-state index contributed by atoms with van der Waals surface area (Å²) in [4.78, 5) is 17.0. The first-order valence-corrected chi connectivity index (χ1v) is 13.1. The number of azo groups is 1. The van der Waals surface area contributed by atoms with Gasteiger partial charge in [-0.2, -0.15) is 16.8 Å². The number of hydrogen-bond acceptors (Lipinski definition) is 9. The Bertz CT molecular complexity index is 1610. The first-order valence-electron chi connectivity index (χ1n) is 8.25. The van der Waals surface area contributed by atoms with Gasteiger partial charge in [0.05, 0.1) is 15.6 Å². The van der Waals surface area contributed by atoms with E-state index in [0.29, 0.717) is 18.2 Å². The smallest absolute Gasteiger partial charge is 0.358 e. The number of phenols is 2. The largest absolute Gasteiger partial charge is 0.507 e. The van der Waals surface area contributed by atoms with E-state index in [1.54, 1.807) is 0 Å². The standard InChI is InChI=1S/C16H12ClN2O11PS2.2Na/c17-8-1-2-10(12(5-8)31(22,23)24)18-19-15-13(33(28,29)30)4-7-3-9(32(25,26)27)6-11(20)14(7)16(15)21;;/h1-6,20-21H,(H2,22,23,24)(H,25,26,27)(H,28,29,30);;. The van der Waals surface area contributed by atoms with Crippen molar-refractivity contribution in [1.82, 2.24) is 0 Å². The van der Waals surface area contributed by atoms with Gasteiger partial charge < -0.3 is 20.0 Å². The molecule has 35 heavy (non-hydrogen) atoms. The Labute approximate surface area is 247 Å². The molecule has 0 unspecified atom stereocenters. The number of nitrogens with zero attached hydrogens (tertiary/aromatic N) is 2. The minimum absolute atomic E-state index is 0. The maximum atomic E-state index is 11.9. The number of halogens is 1. The van der Waals surface area contributed by atoms with Gasteiger partial charge in [0, 0.05) is 70.2 Å². The Hall–Kier alpha value is -0.620. The molecule has 0 spiro atoms. The van der Waals surface area contributed by atoms with E-state index >= 15 is 0 Å². The molecule has 0 saturated carbocycles. The van der Waals surface area contributed by atoms with Crippen LogP contribution in [0.5, 0.6) is 11.5 Å². The number of phenolic OH excluding ortho intramolecular Hbond substituents is 2. The van der Waals surface area contributed by atoms with Crippen molar-refractivity contribution >= 4 is 126 Å². The van der Waals surface area contributed by atoms with Gasteiger partial charge in [-0.05, 0) is 35.7 Å². The van der Waals surface area contributed by atoms with Crippen molar-refractivity contribution < 1.29 is 50.5 Å². The molecule has 2 radical (unpaired) electrons. The SMILES string of the molecule is O=P(O)(O)c1cc(Cl)ccc1N=Nc1c(S(=O)(=O)O)cc2cc(S(=O)(=O)O)cc(O)c2c1O.[Na].[Na]. The first kappa shape index (κ1) is 32.4. The molecule has 13 nitrogen and oxygen atoms in total. The van der Waals surface area contributed by atoms with Crippen LogP contribution in [-0.4, -0.2) is 105 Å². The quantitative estimate of drug-likeness (QED) is 0.110. The zero-order valence-electron chi connectivity index (χ0n) is 17.7. The Morgan fingerprint density at radius 2 is 1.46 bits per heavy atom. The van der Waals surface area contributed by atoms with Crippen LogP contribution in [0.2, 0.25) is 5.02 Å². The van der Waals surface area contributed by atoms with Gasteiger partial charge in [-0.25, -0.2) is 0 Å². The number of hydrogen-bond donors (Lipinski definition) is 6. The van der Waals surface area contributed by atoms with E-state index in [1.165, 1.54) is 6.07 Å². The van der Waals surface area contributed by atoms with Crippen LogP contribution in [0.15, 0.2) is 56.4 Å². The molecule has 3 aromatic carbocycles. The Morgan fingerprint density at radius 1 is 0.857 bits per heavy atom. The second-order valence-electron chi connectivity index (χ2n) is 6.44. The van der Waals surface area contributed by atoms with Crippen LogP contribution in [0.25, 0.3) is 10.8 Å². The monoisotopic (exact) mass is 584 g/mol. The topological polar surface area (TPSA) is 231 Å². The maximum absolute atomic E-state index is 11.9. The van der Waals surface area contributed by atoms with Crippen LogP contribution in [0.3, 0.4) is 0 Å². The Kier molecular flexibility index (Phi) is 10.6. The first-order chi connectivity index (χ1) is 15.0. The molecule has 0 aliphatic carbocycles. The van der Waals surface area contributed by atoms with Crippen LogP contribution >= 0.6 is 19.2 Å². The molecule has 178 valence electrons. The molecule has 3 rings (SSSR count). The summed E-state index contributed by atoms with van der Waals surface area (Å²) in [7, 11) is -14.9. The van der Waals surface area contributed by atoms with E-state index in [-0.39, 0.29) is 64.1 Å². The number of benzene rings is 3. The van der Waals surface area contributed by atoms with Crippen molar-refractivity contribution in [3.63, 3.8) is 0 Å². The van der Waals surface area contributed by atoms with Gasteiger partial charge in [-0.3, -0.25) is 13.7 Å². The van der Waals surface area contributed by atoms with E-state index in [0.717, 1.165) is 12.1 Å². The fraction of sp³-hybridized carbons (Fsp3) is 0. The Balaban J connectivity index is 0.00000306. The number of rotatable bonds is 5. The van der Waals surface area contributed by atoms with Gasteiger partial charge in [-0.15, -0.1) is 10.2 Å². The van der Waals surface area contributed by atoms with Crippen molar-refractivity contribution in [1.29, 1.82) is 0 Å². The van der Waals surface area contributed by atoms with Crippen molar-refractivity contribution in [2.24, 2.45) is 10.2 Å². The van der Waals surface area contributed by atoms with Crippen LogP contribution < -0.4 is 5.30 Å². The molecule has 0 aliphatic rings. The van der Waals surface area contributed by atoms with E-state index in [9.17, 15) is 50.5 Å². The minimum atomic E-state index is -5.14. The fourth-order valence-electron chi connectivity index (χ4n) is 2.80. The Morgan fingerprint density at radius 3 is 1.97 bits per heavy atom. The van der Waals surface area contributed by atoms with E-state index < -0.39 is 76.6 Å². The molecule has 0 bridgehead atoms. The number of aromatic hydroxyl groups is 2. The zero-order chi connectivity index (χ0) is 24.9. The normalized spacial score (nSPS) is 12.4. The molecule has 19 heteroatoms. The fourth-order valence-corrected chi connectivity index (χ4v) is 4.97. The maximum Gasteiger partial charge on any atom is 0.358 e. The summed E-state index contributed by atoms with van der Waals surface area (Å²) >= 11 is 5.72. The van der Waals surface area contributed by atoms with E-state index in [2.05, 4.69) is 10.2 Å². The van der Waals surface area contributed by atoms with Crippen LogP contribution in [0.1, 0.15) is 0 Å². The second kappa shape index (κ2) is 11.4. The van der Waals surface area contributed by atoms with Gasteiger partial charge in [0.15, 0.2) is 5.75 Å². The van der Waals surface area contributed by atoms with Gasteiger partial charge in [0.2, 0.25) is 0 Å². The predicted molar refractivity (Wildman–Crippen MR) is 126 cm³/mol. The molecule has 0 amide bonds. The van der Waals surface area contributed by atoms with Crippen molar-refractivity contribution in [2.75, 3.05) is 0 Å². The molecule has 6 N–H and O–H groups in total. The molecule has 0 aromatic heterocycles. The minimum Gasteiger partial charge on any atom is -0.507 e. The van der Waals surface area contributed by atoms with Crippen molar-refractivity contribution in [3.05, 3.63) is 41.4 Å². The van der Waals surface area contributed by atoms with Gasteiger partial charge in [0.25, 0.3) is 20.2 Å². The summed E-state index contributed by atoms with van der Waals surface area (Å²) in [6.45, 7) is 0. The summed E-state index contributed by atoms with van der Waals surface area (Å²) in [5.74, 6) is -1.98. The summed E-state index contributed by atoms with van der Waals surface area (Å²) < 4.78 is 76.9. The van der Waals surface area contributed by atoms with E-state index in [4.69, 9.17) is 11.6 Å². The van der Waals surface area contributed by atoms with Gasteiger partial charge in [0.1, 0.15) is 22.0 Å². The average molecular weight is 585 g/mol. The van der Waals surface area contributed by atoms with Gasteiger partial charge in [-0.1, -0.05) is 11.6 Å². The molecule has 0 aliphatic heterocycles. The van der Waals surface area contributed by atoms with Crippen LogP contribution in [0, 0.1) is 0 Å². The molecule has 0 atom stereocenters. The summed E-state index contributed by atoms with van der Waals surface area (Å²) in [5.41, 5.74) is -1.40. The molecular formula is C16H12ClN2Na2O11PS2. The summed E-state index contributed by atoms with van der Waals surface area (Å²) in [5, 5.41) is 26.0. The van der Waals surface area contributed by atoms with Crippen LogP contribution in [-0.2, 0) is 24.8 Å². The molecule has 0 saturated heterocycles. The third-order valence-corrected chi connectivity index (χ3v) is 7.11. The zero-order valence-corrected chi connectivity index (χ0v) is 25.0. The van der Waals surface area contributed by atoms with Gasteiger partial charge >= 0.3 is 7.60 Å². The molecular weight excluding hydrogens is 573 g/mol.